The molecule has 0 fully saturated rings. The van der Waals surface area contributed by atoms with Crippen LogP contribution in [0.1, 0.15) is 51.0 Å². The van der Waals surface area contributed by atoms with E-state index < -0.39 is 17.2 Å². The molecule has 2 N–H and O–H groups in total. The van der Waals surface area contributed by atoms with Gasteiger partial charge in [-0.3, -0.25) is 9.79 Å². The highest BCUT2D eigenvalue weighted by Gasteiger charge is 2.40. The molecule has 0 aliphatic carbocycles. The quantitative estimate of drug-likeness (QED) is 0.432. The van der Waals surface area contributed by atoms with Crippen LogP contribution in [0.5, 0.6) is 0 Å². The smallest absolute Gasteiger partial charge is 0.336 e. The second kappa shape index (κ2) is 8.35. The van der Waals surface area contributed by atoms with E-state index in [-0.39, 0.29) is 5.91 Å². The van der Waals surface area contributed by atoms with Gasteiger partial charge in [-0.05, 0) is 31.9 Å². The number of rotatable bonds is 7. The first-order valence-electron chi connectivity index (χ1n) is 8.33. The summed E-state index contributed by atoms with van der Waals surface area (Å²) in [5.74, 6) is 0.571. The molecule has 7 nitrogen and oxygen atoms in total. The van der Waals surface area contributed by atoms with E-state index in [0.717, 1.165) is 6.42 Å². The molecule has 0 bridgehead atoms. The van der Waals surface area contributed by atoms with Crippen molar-refractivity contribution in [3.8, 4) is 0 Å². The fourth-order valence-electron chi connectivity index (χ4n) is 2.54. The minimum atomic E-state index is -0.978. The molecule has 0 spiro atoms. The van der Waals surface area contributed by atoms with E-state index in [9.17, 15) is 9.59 Å². The van der Waals surface area contributed by atoms with Gasteiger partial charge in [-0.2, -0.15) is 0 Å². The third kappa shape index (κ3) is 4.43. The van der Waals surface area contributed by atoms with Gasteiger partial charge in [0.2, 0.25) is 5.91 Å². The molecule has 0 saturated heterocycles. The monoisotopic (exact) mass is 377 g/mol. The maximum atomic E-state index is 12.8. The SMILES string of the molecule is C=Cc1cc([C@@H](CCC)NC(=O)[C@]2(C)CSC(/C(C)=N/O)=N2)oc(=O)c1. The van der Waals surface area contributed by atoms with Gasteiger partial charge in [-0.1, -0.05) is 31.2 Å². The number of hydrogen-bond donors (Lipinski definition) is 2. The maximum Gasteiger partial charge on any atom is 0.336 e. The summed E-state index contributed by atoms with van der Waals surface area (Å²) in [5.41, 5.74) is -0.440. The molecule has 1 aliphatic rings. The van der Waals surface area contributed by atoms with E-state index in [1.54, 1.807) is 26.0 Å². The van der Waals surface area contributed by atoms with Crippen LogP contribution >= 0.6 is 11.8 Å². The lowest BCUT2D eigenvalue weighted by molar-refractivity contribution is -0.125. The molecule has 1 aromatic rings. The van der Waals surface area contributed by atoms with Crippen LogP contribution in [0, 0.1) is 0 Å². The van der Waals surface area contributed by atoms with Crippen molar-refractivity contribution in [1.29, 1.82) is 0 Å². The Morgan fingerprint density at radius 2 is 2.35 bits per heavy atom. The van der Waals surface area contributed by atoms with Crippen LogP contribution in [0.4, 0.5) is 0 Å². The predicted octanol–water partition coefficient (Wildman–Crippen LogP) is 2.99. The molecule has 2 rings (SSSR count). The summed E-state index contributed by atoms with van der Waals surface area (Å²) in [6, 6.07) is 2.62. The Bertz CT molecular complexity index is 815. The van der Waals surface area contributed by atoms with Gasteiger partial charge in [-0.25, -0.2) is 4.79 Å². The third-order valence-electron chi connectivity index (χ3n) is 4.06. The largest absolute Gasteiger partial charge is 0.426 e. The van der Waals surface area contributed by atoms with Crippen molar-refractivity contribution in [2.45, 2.75) is 45.2 Å². The van der Waals surface area contributed by atoms with Gasteiger partial charge >= 0.3 is 5.63 Å². The van der Waals surface area contributed by atoms with Crippen molar-refractivity contribution in [3.05, 3.63) is 40.5 Å². The zero-order valence-corrected chi connectivity index (χ0v) is 15.9. The van der Waals surface area contributed by atoms with Gasteiger partial charge in [0.05, 0.1) is 6.04 Å². The lowest BCUT2D eigenvalue weighted by Gasteiger charge is -2.24. The molecule has 2 atom stereocenters. The molecule has 0 aromatic carbocycles. The van der Waals surface area contributed by atoms with Crippen LogP contribution in [0.2, 0.25) is 0 Å². The molecule has 0 unspecified atom stereocenters. The van der Waals surface area contributed by atoms with Crippen LogP contribution in [-0.4, -0.2) is 33.2 Å². The Labute approximate surface area is 156 Å². The first-order valence-corrected chi connectivity index (χ1v) is 9.31. The van der Waals surface area contributed by atoms with E-state index in [1.807, 2.05) is 6.92 Å². The fourth-order valence-corrected chi connectivity index (χ4v) is 3.67. The van der Waals surface area contributed by atoms with Crippen LogP contribution in [-0.2, 0) is 4.79 Å². The number of nitrogens with zero attached hydrogens (tertiary/aromatic N) is 2. The zero-order chi connectivity index (χ0) is 19.3. The Morgan fingerprint density at radius 1 is 1.62 bits per heavy atom. The number of thioether (sulfide) groups is 1. The number of oxime groups is 1. The number of nitrogens with one attached hydrogen (secondary N) is 1. The van der Waals surface area contributed by atoms with Crippen molar-refractivity contribution in [3.63, 3.8) is 0 Å². The highest BCUT2D eigenvalue weighted by atomic mass is 32.2. The number of carbonyl (C=O) groups excluding carboxylic acids is 1. The molecule has 1 amide bonds. The summed E-state index contributed by atoms with van der Waals surface area (Å²) in [7, 11) is 0. The highest BCUT2D eigenvalue weighted by Crippen LogP contribution is 2.30. The van der Waals surface area contributed by atoms with Crippen molar-refractivity contribution < 1.29 is 14.4 Å². The molecule has 1 aliphatic heterocycles. The summed E-state index contributed by atoms with van der Waals surface area (Å²) >= 11 is 1.37. The number of hydrogen-bond acceptors (Lipinski definition) is 7. The van der Waals surface area contributed by atoms with Gasteiger partial charge in [0.15, 0.2) is 0 Å². The molecular formula is C18H23N3O4S. The topological polar surface area (TPSA) is 104 Å². The van der Waals surface area contributed by atoms with E-state index >= 15 is 0 Å². The molecule has 140 valence electrons. The average Bonchev–Trinajstić information content (AvgIpc) is 3.03. The number of amides is 1. The normalized spacial score (nSPS) is 21.2. The first-order chi connectivity index (χ1) is 12.3. The third-order valence-corrected chi connectivity index (χ3v) is 5.43. The minimum Gasteiger partial charge on any atom is -0.426 e. The molecule has 1 aromatic heterocycles. The van der Waals surface area contributed by atoms with E-state index in [4.69, 9.17) is 9.62 Å². The van der Waals surface area contributed by atoms with Crippen LogP contribution in [0.25, 0.3) is 6.08 Å². The summed E-state index contributed by atoms with van der Waals surface area (Å²) in [5, 5.41) is 15.5. The standard InChI is InChI=1S/C18H23N3O4S/c1-5-7-13(14-8-12(6-2)9-15(22)25-14)19-17(23)18(4)10-26-16(20-18)11(3)21-24/h6,8-9,13,24H,2,5,7,10H2,1,3-4H3,(H,19,23)/b21-11+/t13-,18+/m1/s1. The summed E-state index contributed by atoms with van der Waals surface area (Å²) in [4.78, 5) is 29.0. The Morgan fingerprint density at radius 3 is 2.96 bits per heavy atom. The minimum absolute atomic E-state index is 0.268. The van der Waals surface area contributed by atoms with Gasteiger partial charge in [0.25, 0.3) is 0 Å². The summed E-state index contributed by atoms with van der Waals surface area (Å²) < 4.78 is 5.30. The van der Waals surface area contributed by atoms with Crippen LogP contribution in [0.15, 0.2) is 38.1 Å². The van der Waals surface area contributed by atoms with Gasteiger partial charge < -0.3 is 14.9 Å². The molecule has 2 heterocycles. The van der Waals surface area contributed by atoms with Gasteiger partial charge in [-0.15, -0.1) is 11.8 Å². The summed E-state index contributed by atoms with van der Waals surface area (Å²) in [6.45, 7) is 9.01. The van der Waals surface area contributed by atoms with E-state index in [0.29, 0.717) is 34.3 Å². The van der Waals surface area contributed by atoms with Crippen molar-refractivity contribution in [2.24, 2.45) is 10.1 Å². The second-order valence-electron chi connectivity index (χ2n) is 6.30. The van der Waals surface area contributed by atoms with E-state index in [1.165, 1.54) is 17.8 Å². The highest BCUT2D eigenvalue weighted by molar-refractivity contribution is 8.16. The van der Waals surface area contributed by atoms with Crippen molar-refractivity contribution in [2.75, 3.05) is 5.75 Å². The van der Waals surface area contributed by atoms with Gasteiger partial charge in [0.1, 0.15) is 22.1 Å². The second-order valence-corrected chi connectivity index (χ2v) is 7.26. The lowest BCUT2D eigenvalue weighted by atomic mass is 10.0. The van der Waals surface area contributed by atoms with Crippen LogP contribution in [0.3, 0.4) is 0 Å². The lowest BCUT2D eigenvalue weighted by Crippen LogP contribution is -2.45. The Kier molecular flexibility index (Phi) is 6.42. The van der Waals surface area contributed by atoms with Crippen molar-refractivity contribution in [1.82, 2.24) is 5.32 Å². The predicted molar refractivity (Wildman–Crippen MR) is 104 cm³/mol. The number of carbonyl (C=O) groups is 1. The molecular weight excluding hydrogens is 354 g/mol. The Balaban J connectivity index is 2.26. The zero-order valence-electron chi connectivity index (χ0n) is 15.1. The first kappa shape index (κ1) is 20.0. The molecule has 0 radical (unpaired) electrons. The molecule has 8 heteroatoms. The summed E-state index contributed by atoms with van der Waals surface area (Å²) in [6.07, 6.45) is 2.98. The van der Waals surface area contributed by atoms with Crippen LogP contribution < -0.4 is 10.9 Å². The van der Waals surface area contributed by atoms with Crippen molar-refractivity contribution >= 4 is 34.5 Å². The number of aliphatic imine (C=N–C) groups is 1. The van der Waals surface area contributed by atoms with E-state index in [2.05, 4.69) is 22.0 Å². The van der Waals surface area contributed by atoms with Gasteiger partial charge in [0, 0.05) is 11.8 Å². The fraction of sp³-hybridized carbons (Fsp3) is 0.444. The molecule has 0 saturated carbocycles. The average molecular weight is 377 g/mol. The maximum absolute atomic E-state index is 12.8. The molecule has 26 heavy (non-hydrogen) atoms. The Hall–Kier alpha value is -2.35.